The van der Waals surface area contributed by atoms with E-state index in [1.165, 1.54) is 0 Å². The number of hydrogen-bond donors (Lipinski definition) is 3. The van der Waals surface area contributed by atoms with Gasteiger partial charge in [-0.25, -0.2) is 9.48 Å². The second-order valence-electron chi connectivity index (χ2n) is 10.6. The molecule has 0 aliphatic heterocycles. The minimum absolute atomic E-state index is 0.204. The number of rotatable bonds is 6. The van der Waals surface area contributed by atoms with Gasteiger partial charge >= 0.3 is 6.03 Å². The van der Waals surface area contributed by atoms with E-state index in [2.05, 4.69) is 36.1 Å². The first-order valence-corrected chi connectivity index (χ1v) is 13.9. The Morgan fingerprint density at radius 1 is 0.875 bits per heavy atom. The van der Waals surface area contributed by atoms with Crippen LogP contribution in [0, 0.1) is 6.92 Å². The van der Waals surface area contributed by atoms with Gasteiger partial charge in [0, 0.05) is 33.8 Å². The van der Waals surface area contributed by atoms with Crippen molar-refractivity contribution in [2.75, 3.05) is 15.4 Å². The molecule has 5 rings (SSSR count). The topological polar surface area (TPSA) is 111 Å². The minimum Gasteiger partial charge on any atom is -0.755 e. The molecule has 40 heavy (non-hydrogen) atoms. The summed E-state index contributed by atoms with van der Waals surface area (Å²) < 4.78 is 26.4. The van der Waals surface area contributed by atoms with Crippen LogP contribution in [-0.4, -0.2) is 24.6 Å². The molecule has 2 amide bonds. The Hall–Kier alpha value is -4.47. The van der Waals surface area contributed by atoms with Gasteiger partial charge in [-0.05, 0) is 53.8 Å². The smallest absolute Gasteiger partial charge is 0.324 e. The monoisotopic (exact) mass is 552 g/mol. The molecule has 0 fully saturated rings. The zero-order valence-electron chi connectivity index (χ0n) is 22.7. The third-order valence-corrected chi connectivity index (χ3v) is 6.95. The predicted molar refractivity (Wildman–Crippen MR) is 162 cm³/mol. The lowest BCUT2D eigenvalue weighted by Crippen LogP contribution is -2.21. The number of benzene rings is 4. The highest BCUT2D eigenvalue weighted by Gasteiger charge is 2.22. The van der Waals surface area contributed by atoms with E-state index in [4.69, 9.17) is 5.10 Å². The van der Waals surface area contributed by atoms with Gasteiger partial charge in [-0.2, -0.15) is 5.10 Å². The first-order chi connectivity index (χ1) is 19.1. The molecule has 0 saturated carbocycles. The van der Waals surface area contributed by atoms with Crippen LogP contribution in [0.25, 0.3) is 27.6 Å². The van der Waals surface area contributed by atoms with Crippen molar-refractivity contribution in [3.63, 3.8) is 0 Å². The molecule has 0 aliphatic rings. The summed E-state index contributed by atoms with van der Waals surface area (Å²) in [5.41, 5.74) is 5.51. The molecule has 1 atom stereocenters. The van der Waals surface area contributed by atoms with Crippen LogP contribution in [0.2, 0.25) is 0 Å². The van der Waals surface area contributed by atoms with Crippen LogP contribution in [0.5, 0.6) is 0 Å². The van der Waals surface area contributed by atoms with Crippen LogP contribution in [0.4, 0.5) is 22.0 Å². The summed E-state index contributed by atoms with van der Waals surface area (Å²) in [5, 5.41) is 12.5. The minimum atomic E-state index is -2.42. The maximum absolute atomic E-state index is 13.3. The second-order valence-corrected chi connectivity index (χ2v) is 11.3. The van der Waals surface area contributed by atoms with E-state index >= 15 is 0 Å². The average molecular weight is 553 g/mol. The molecular weight excluding hydrogens is 522 g/mol. The zero-order chi connectivity index (χ0) is 28.4. The number of fused-ring (bicyclic) bond motifs is 1. The van der Waals surface area contributed by atoms with Gasteiger partial charge in [-0.15, -0.1) is 0 Å². The normalized spacial score (nSPS) is 12.2. The highest BCUT2D eigenvalue weighted by Crippen LogP contribution is 2.34. The molecule has 0 bridgehead atoms. The Balaban J connectivity index is 1.46. The third kappa shape index (κ3) is 5.90. The molecule has 0 aliphatic carbocycles. The van der Waals surface area contributed by atoms with Crippen molar-refractivity contribution in [2.45, 2.75) is 33.1 Å². The van der Waals surface area contributed by atoms with E-state index in [-0.39, 0.29) is 5.41 Å². The third-order valence-electron chi connectivity index (χ3n) is 6.54. The lowest BCUT2D eigenvalue weighted by Gasteiger charge is -2.15. The summed E-state index contributed by atoms with van der Waals surface area (Å²) >= 11 is -2.42. The molecule has 8 nitrogen and oxygen atoms in total. The first-order valence-electron chi connectivity index (χ1n) is 12.8. The largest absolute Gasteiger partial charge is 0.755 e. The molecule has 1 heterocycles. The number of hydrogen-bond acceptors (Lipinski definition) is 4. The number of nitrogens with one attached hydrogen (secondary N) is 3. The summed E-state index contributed by atoms with van der Waals surface area (Å²) in [6.45, 7) is 8.27. The van der Waals surface area contributed by atoms with E-state index < -0.39 is 17.3 Å². The number of aromatic nitrogens is 2. The van der Waals surface area contributed by atoms with Gasteiger partial charge in [0.1, 0.15) is 5.82 Å². The van der Waals surface area contributed by atoms with Crippen molar-refractivity contribution in [2.24, 2.45) is 0 Å². The van der Waals surface area contributed by atoms with Crippen LogP contribution in [0.15, 0.2) is 91.0 Å². The quantitative estimate of drug-likeness (QED) is 0.194. The highest BCUT2D eigenvalue weighted by atomic mass is 32.2. The fourth-order valence-electron chi connectivity index (χ4n) is 4.50. The number of amides is 2. The zero-order valence-corrected chi connectivity index (χ0v) is 23.5. The molecule has 0 spiro atoms. The van der Waals surface area contributed by atoms with E-state index in [0.717, 1.165) is 38.8 Å². The Morgan fingerprint density at radius 3 is 2.30 bits per heavy atom. The summed E-state index contributed by atoms with van der Waals surface area (Å²) in [6, 6.07) is 28.2. The standard InChI is InChI=1S/C31H31N5O3S/c1-20-12-14-23(15-13-20)36-29(19-28(34-36)31(2,3)4)33-30(37)32-27-17-16-24(25-10-5-6-11-26(25)27)21-8-7-9-22(18-21)35-40(38)39/h5-19,35H,1-4H3,(H,38,39)(H2,32,33,37)/p-1. The van der Waals surface area contributed by atoms with E-state index in [1.807, 2.05) is 79.7 Å². The van der Waals surface area contributed by atoms with Crippen LogP contribution in [-0.2, 0) is 16.7 Å². The molecule has 9 heteroatoms. The molecule has 1 aromatic heterocycles. The van der Waals surface area contributed by atoms with E-state index in [9.17, 15) is 13.6 Å². The lowest BCUT2D eigenvalue weighted by atomic mass is 9.92. The average Bonchev–Trinajstić information content (AvgIpc) is 3.33. The maximum atomic E-state index is 13.3. The van der Waals surface area contributed by atoms with Crippen molar-refractivity contribution >= 4 is 45.3 Å². The van der Waals surface area contributed by atoms with Gasteiger partial charge in [0.2, 0.25) is 0 Å². The molecule has 1 unspecified atom stereocenters. The molecular formula is C31H30N5O3S-. The Kier molecular flexibility index (Phi) is 7.42. The first kappa shape index (κ1) is 27.1. The van der Waals surface area contributed by atoms with Crippen LogP contribution < -0.4 is 15.4 Å². The summed E-state index contributed by atoms with van der Waals surface area (Å²) in [7, 11) is 0. The predicted octanol–water partition coefficient (Wildman–Crippen LogP) is 7.15. The van der Waals surface area contributed by atoms with Crippen molar-refractivity contribution in [3.05, 3.63) is 102 Å². The summed E-state index contributed by atoms with van der Waals surface area (Å²) in [6.07, 6.45) is 0. The van der Waals surface area contributed by atoms with Crippen molar-refractivity contribution in [1.82, 2.24) is 9.78 Å². The molecule has 0 saturated heterocycles. The summed E-state index contributed by atoms with van der Waals surface area (Å²) in [5.74, 6) is 0.562. The van der Waals surface area contributed by atoms with Gasteiger partial charge < -0.3 is 14.6 Å². The fraction of sp³-hybridized carbons (Fsp3) is 0.161. The molecule has 5 aromatic rings. The van der Waals surface area contributed by atoms with Gasteiger partial charge in [0.05, 0.1) is 17.1 Å². The van der Waals surface area contributed by atoms with Crippen LogP contribution >= 0.6 is 0 Å². The lowest BCUT2D eigenvalue weighted by molar-refractivity contribution is 0.262. The number of carbonyl (C=O) groups excluding carboxylic acids is 1. The molecule has 3 N–H and O–H groups in total. The SMILES string of the molecule is Cc1ccc(-n2nc(C(C)(C)C)cc2NC(=O)Nc2ccc(-c3cccc(NS(=O)[O-])c3)c3ccccc23)cc1. The maximum Gasteiger partial charge on any atom is 0.324 e. The van der Waals surface area contributed by atoms with Crippen molar-refractivity contribution in [1.29, 1.82) is 0 Å². The summed E-state index contributed by atoms with van der Waals surface area (Å²) in [4.78, 5) is 13.3. The Bertz CT molecular complexity index is 1720. The Morgan fingerprint density at radius 2 is 1.60 bits per heavy atom. The van der Waals surface area contributed by atoms with Gasteiger partial charge in [-0.3, -0.25) is 9.53 Å². The highest BCUT2D eigenvalue weighted by molar-refractivity contribution is 7.80. The van der Waals surface area contributed by atoms with E-state index in [1.54, 1.807) is 22.9 Å². The molecule has 4 aromatic carbocycles. The van der Waals surface area contributed by atoms with Crippen molar-refractivity contribution < 1.29 is 13.6 Å². The second kappa shape index (κ2) is 11.0. The van der Waals surface area contributed by atoms with E-state index in [0.29, 0.717) is 17.2 Å². The number of aryl methyl sites for hydroxylation is 1. The van der Waals surface area contributed by atoms with Gasteiger partial charge in [0.25, 0.3) is 0 Å². The molecule has 0 radical (unpaired) electrons. The fourth-order valence-corrected chi connectivity index (χ4v) is 4.81. The number of carbonyl (C=O) groups is 1. The number of nitrogens with zero attached hydrogens (tertiary/aromatic N) is 2. The number of anilines is 3. The molecule has 204 valence electrons. The van der Waals surface area contributed by atoms with Gasteiger partial charge in [-0.1, -0.05) is 80.9 Å². The number of urea groups is 1. The van der Waals surface area contributed by atoms with Crippen molar-refractivity contribution in [3.8, 4) is 16.8 Å². The Labute approximate surface area is 235 Å². The van der Waals surface area contributed by atoms with Crippen LogP contribution in [0.3, 0.4) is 0 Å². The van der Waals surface area contributed by atoms with Gasteiger partial charge in [0.15, 0.2) is 0 Å². The van der Waals surface area contributed by atoms with Crippen LogP contribution in [0.1, 0.15) is 32.0 Å².